The van der Waals surface area contributed by atoms with E-state index < -0.39 is 5.82 Å². The lowest BCUT2D eigenvalue weighted by Gasteiger charge is -2.35. The van der Waals surface area contributed by atoms with Crippen LogP contribution in [0.4, 0.5) is 4.39 Å². The molecule has 1 saturated heterocycles. The van der Waals surface area contributed by atoms with E-state index in [2.05, 4.69) is 0 Å². The lowest BCUT2D eigenvalue weighted by atomic mass is 10.1. The van der Waals surface area contributed by atoms with Gasteiger partial charge in [-0.2, -0.15) is 0 Å². The highest BCUT2D eigenvalue weighted by Crippen LogP contribution is 2.18. The largest absolute Gasteiger partial charge is 0.377 e. The van der Waals surface area contributed by atoms with Crippen LogP contribution in [-0.4, -0.2) is 36.6 Å². The predicted molar refractivity (Wildman–Crippen MR) is 67.1 cm³/mol. The molecule has 0 N–H and O–H groups in total. The van der Waals surface area contributed by atoms with Gasteiger partial charge in [0.05, 0.1) is 24.8 Å². The number of morpholine rings is 1. The van der Waals surface area contributed by atoms with Crippen molar-refractivity contribution >= 4 is 5.91 Å². The van der Waals surface area contributed by atoms with E-state index in [4.69, 9.17) is 4.74 Å². The Morgan fingerprint density at radius 1 is 1.56 bits per heavy atom. The number of aryl methyl sites for hydroxylation is 1. The average Bonchev–Trinajstić information content (AvgIpc) is 2.41. The second-order valence-corrected chi connectivity index (χ2v) is 4.57. The molecule has 1 atom stereocenters. The Labute approximate surface area is 107 Å². The molecule has 0 spiro atoms. The molecule has 1 heterocycles. The Balaban J connectivity index is 2.27. The van der Waals surface area contributed by atoms with Crippen molar-refractivity contribution in [2.24, 2.45) is 0 Å². The van der Waals surface area contributed by atoms with Crippen LogP contribution < -0.4 is 0 Å². The van der Waals surface area contributed by atoms with Crippen LogP contribution in [0, 0.1) is 12.7 Å². The third kappa shape index (κ3) is 2.38. The Bertz CT molecular complexity index is 447. The number of nitrogens with zero attached hydrogens (tertiary/aromatic N) is 1. The summed E-state index contributed by atoms with van der Waals surface area (Å²) < 4.78 is 19.3. The summed E-state index contributed by atoms with van der Waals surface area (Å²) in [5.41, 5.74) is 0.664. The fraction of sp³-hybridized carbons (Fsp3) is 0.500. The molecule has 1 fully saturated rings. The van der Waals surface area contributed by atoms with Crippen molar-refractivity contribution in [2.45, 2.75) is 26.3 Å². The summed E-state index contributed by atoms with van der Waals surface area (Å²) in [5, 5.41) is 0. The lowest BCUT2D eigenvalue weighted by molar-refractivity contribution is -0.00303. The van der Waals surface area contributed by atoms with Crippen molar-refractivity contribution in [1.29, 1.82) is 0 Å². The van der Waals surface area contributed by atoms with Crippen LogP contribution >= 0.6 is 0 Å². The molecule has 4 heteroatoms. The van der Waals surface area contributed by atoms with Crippen molar-refractivity contribution in [2.75, 3.05) is 19.8 Å². The van der Waals surface area contributed by atoms with Crippen LogP contribution in [0.3, 0.4) is 0 Å². The van der Waals surface area contributed by atoms with Crippen molar-refractivity contribution in [3.05, 3.63) is 35.1 Å². The standard InChI is InChI=1S/C14H18FNO2/c1-3-11-9-18-8-7-16(11)14(17)12-6-4-5-10(2)13(12)15/h4-6,11H,3,7-9H2,1-2H3. The zero-order valence-electron chi connectivity index (χ0n) is 10.8. The Morgan fingerprint density at radius 3 is 3.06 bits per heavy atom. The summed E-state index contributed by atoms with van der Waals surface area (Å²) in [6, 6.07) is 4.98. The van der Waals surface area contributed by atoms with Crippen molar-refractivity contribution in [1.82, 2.24) is 4.90 Å². The number of carbonyl (C=O) groups is 1. The molecule has 1 aromatic rings. The minimum atomic E-state index is -0.413. The topological polar surface area (TPSA) is 29.5 Å². The molecular weight excluding hydrogens is 233 g/mol. The molecule has 0 radical (unpaired) electrons. The van der Waals surface area contributed by atoms with Crippen LogP contribution in [0.2, 0.25) is 0 Å². The van der Waals surface area contributed by atoms with Gasteiger partial charge >= 0.3 is 0 Å². The van der Waals surface area contributed by atoms with E-state index in [1.54, 1.807) is 30.0 Å². The van der Waals surface area contributed by atoms with E-state index in [0.29, 0.717) is 25.3 Å². The lowest BCUT2D eigenvalue weighted by Crippen LogP contribution is -2.48. The van der Waals surface area contributed by atoms with Crippen molar-refractivity contribution < 1.29 is 13.9 Å². The molecule has 1 aliphatic rings. The number of hydrogen-bond donors (Lipinski definition) is 0. The van der Waals surface area contributed by atoms with Gasteiger partial charge in [-0.15, -0.1) is 0 Å². The monoisotopic (exact) mass is 251 g/mol. The normalized spacial score (nSPS) is 19.9. The van der Waals surface area contributed by atoms with Crippen LogP contribution in [0.15, 0.2) is 18.2 Å². The van der Waals surface area contributed by atoms with Gasteiger partial charge in [0.2, 0.25) is 0 Å². The minimum Gasteiger partial charge on any atom is -0.377 e. The maximum absolute atomic E-state index is 14.0. The van der Waals surface area contributed by atoms with Crippen LogP contribution in [0.25, 0.3) is 0 Å². The summed E-state index contributed by atoms with van der Waals surface area (Å²) in [5.74, 6) is -0.643. The molecule has 0 aromatic heterocycles. The quantitative estimate of drug-likeness (QED) is 0.807. The molecule has 18 heavy (non-hydrogen) atoms. The van der Waals surface area contributed by atoms with E-state index in [9.17, 15) is 9.18 Å². The highest BCUT2D eigenvalue weighted by molar-refractivity contribution is 5.95. The van der Waals surface area contributed by atoms with Gasteiger partial charge in [-0.1, -0.05) is 19.1 Å². The van der Waals surface area contributed by atoms with E-state index in [0.717, 1.165) is 6.42 Å². The first-order chi connectivity index (χ1) is 8.65. The van der Waals surface area contributed by atoms with E-state index in [1.165, 1.54) is 0 Å². The second kappa shape index (κ2) is 5.48. The number of benzene rings is 1. The van der Waals surface area contributed by atoms with E-state index >= 15 is 0 Å². The predicted octanol–water partition coefficient (Wildman–Crippen LogP) is 2.39. The summed E-state index contributed by atoms with van der Waals surface area (Å²) in [7, 11) is 0. The van der Waals surface area contributed by atoms with Gasteiger partial charge in [0.15, 0.2) is 0 Å². The molecule has 3 nitrogen and oxygen atoms in total. The number of carbonyl (C=O) groups excluding carboxylic acids is 1. The van der Waals surface area contributed by atoms with Gasteiger partial charge < -0.3 is 9.64 Å². The molecule has 0 aliphatic carbocycles. The summed E-state index contributed by atoms with van der Waals surface area (Å²) in [6.07, 6.45) is 0.819. The molecule has 98 valence electrons. The first kappa shape index (κ1) is 13.0. The van der Waals surface area contributed by atoms with Crippen LogP contribution in [0.5, 0.6) is 0 Å². The first-order valence-electron chi connectivity index (χ1n) is 6.29. The highest BCUT2D eigenvalue weighted by Gasteiger charge is 2.28. The van der Waals surface area contributed by atoms with Crippen LogP contribution in [0.1, 0.15) is 29.3 Å². The third-order valence-corrected chi connectivity index (χ3v) is 3.38. The SMILES string of the molecule is CCC1COCCN1C(=O)c1cccc(C)c1F. The Morgan fingerprint density at radius 2 is 2.33 bits per heavy atom. The summed E-state index contributed by atoms with van der Waals surface area (Å²) in [4.78, 5) is 14.1. The maximum Gasteiger partial charge on any atom is 0.257 e. The smallest absolute Gasteiger partial charge is 0.257 e. The van der Waals surface area contributed by atoms with Crippen LogP contribution in [-0.2, 0) is 4.74 Å². The van der Waals surface area contributed by atoms with Gasteiger partial charge in [-0.3, -0.25) is 4.79 Å². The third-order valence-electron chi connectivity index (χ3n) is 3.38. The number of ether oxygens (including phenoxy) is 1. The molecule has 1 unspecified atom stereocenters. The Kier molecular flexibility index (Phi) is 3.97. The zero-order valence-corrected chi connectivity index (χ0v) is 10.8. The highest BCUT2D eigenvalue weighted by atomic mass is 19.1. The first-order valence-corrected chi connectivity index (χ1v) is 6.29. The van der Waals surface area contributed by atoms with Gasteiger partial charge in [0.1, 0.15) is 5.82 Å². The van der Waals surface area contributed by atoms with Gasteiger partial charge in [0, 0.05) is 6.54 Å². The second-order valence-electron chi connectivity index (χ2n) is 4.57. The fourth-order valence-electron chi connectivity index (χ4n) is 2.23. The fourth-order valence-corrected chi connectivity index (χ4v) is 2.23. The minimum absolute atomic E-state index is 0.0474. The molecule has 1 aliphatic heterocycles. The number of rotatable bonds is 2. The summed E-state index contributed by atoms with van der Waals surface area (Å²) >= 11 is 0. The van der Waals surface area contributed by atoms with Gasteiger partial charge in [-0.05, 0) is 25.0 Å². The van der Waals surface area contributed by atoms with Crippen molar-refractivity contribution in [3.63, 3.8) is 0 Å². The van der Waals surface area contributed by atoms with Gasteiger partial charge in [0.25, 0.3) is 5.91 Å². The number of halogens is 1. The zero-order chi connectivity index (χ0) is 13.1. The Hall–Kier alpha value is -1.42. The molecule has 0 bridgehead atoms. The number of hydrogen-bond acceptors (Lipinski definition) is 2. The summed E-state index contributed by atoms with van der Waals surface area (Å²) in [6.45, 7) is 5.27. The maximum atomic E-state index is 14.0. The molecule has 1 amide bonds. The molecular formula is C14H18FNO2. The average molecular weight is 251 g/mol. The molecule has 0 saturated carbocycles. The van der Waals surface area contributed by atoms with Crippen molar-refractivity contribution in [3.8, 4) is 0 Å². The molecule has 2 rings (SSSR count). The molecule has 1 aromatic carbocycles. The van der Waals surface area contributed by atoms with E-state index in [1.807, 2.05) is 6.92 Å². The van der Waals surface area contributed by atoms with Gasteiger partial charge in [-0.25, -0.2) is 4.39 Å². The number of amides is 1. The van der Waals surface area contributed by atoms with E-state index in [-0.39, 0.29) is 17.5 Å².